The lowest BCUT2D eigenvalue weighted by Gasteiger charge is -2.11. The van der Waals surface area contributed by atoms with Gasteiger partial charge in [0.2, 0.25) is 0 Å². The van der Waals surface area contributed by atoms with Gasteiger partial charge in [0, 0.05) is 6.08 Å². The summed E-state index contributed by atoms with van der Waals surface area (Å²) in [6.07, 6.45) is 18.7. The Kier molecular flexibility index (Phi) is 17.6. The molecule has 0 aliphatic heterocycles. The predicted molar refractivity (Wildman–Crippen MR) is 119 cm³/mol. The van der Waals surface area contributed by atoms with Crippen LogP contribution in [0.4, 0.5) is 0 Å². The summed E-state index contributed by atoms with van der Waals surface area (Å²) in [5.41, 5.74) is 0. The minimum atomic E-state index is -2.38. The van der Waals surface area contributed by atoms with Crippen LogP contribution in [0.25, 0.3) is 0 Å². The number of carbonyl (C=O) groups excluding carboxylic acids is 1. The average molecular weight is 444 g/mol. The van der Waals surface area contributed by atoms with Gasteiger partial charge in [-0.15, -0.1) is 33.2 Å². The molecule has 0 fully saturated rings. The van der Waals surface area contributed by atoms with Crippen LogP contribution in [-0.2, 0) is 9.53 Å². The SMILES string of the molecule is C=CC(=O)OC(C)CCCCCCCCCCCCCCC[Si](Cl)(Cl)Cl. The highest BCUT2D eigenvalue weighted by molar-refractivity contribution is 7.64. The molecule has 26 heavy (non-hydrogen) atoms. The van der Waals surface area contributed by atoms with Crippen LogP contribution in [0.15, 0.2) is 12.7 Å². The van der Waals surface area contributed by atoms with Crippen molar-refractivity contribution in [2.75, 3.05) is 0 Å². The van der Waals surface area contributed by atoms with Gasteiger partial charge < -0.3 is 4.74 Å². The van der Waals surface area contributed by atoms with Gasteiger partial charge in [0.15, 0.2) is 0 Å². The molecule has 0 radical (unpaired) electrons. The van der Waals surface area contributed by atoms with Crippen molar-refractivity contribution in [3.05, 3.63) is 12.7 Å². The smallest absolute Gasteiger partial charge is 0.341 e. The fraction of sp³-hybridized carbons (Fsp3) is 0.850. The molecule has 0 aromatic carbocycles. The lowest BCUT2D eigenvalue weighted by molar-refractivity contribution is -0.142. The first kappa shape index (κ1) is 26.3. The van der Waals surface area contributed by atoms with E-state index in [1.54, 1.807) is 0 Å². The molecule has 6 heteroatoms. The van der Waals surface area contributed by atoms with Gasteiger partial charge in [0.05, 0.1) is 6.10 Å². The second-order valence-electron chi connectivity index (χ2n) is 7.20. The molecule has 0 saturated carbocycles. The molecular formula is C20H37Cl3O2Si. The number of carbonyl (C=O) groups is 1. The van der Waals surface area contributed by atoms with Gasteiger partial charge in [0.25, 0.3) is 0 Å². The zero-order chi connectivity index (χ0) is 19.7. The number of hydrogen-bond acceptors (Lipinski definition) is 2. The topological polar surface area (TPSA) is 26.3 Å². The van der Waals surface area contributed by atoms with Gasteiger partial charge in [-0.25, -0.2) is 4.79 Å². The summed E-state index contributed by atoms with van der Waals surface area (Å²) in [6.45, 7) is 5.36. The highest BCUT2D eigenvalue weighted by Gasteiger charge is 2.23. The van der Waals surface area contributed by atoms with Crippen molar-refractivity contribution >= 4 is 45.2 Å². The summed E-state index contributed by atoms with van der Waals surface area (Å²) >= 11 is 17.6. The maximum absolute atomic E-state index is 11.1. The van der Waals surface area contributed by atoms with Gasteiger partial charge in [-0.05, 0) is 25.8 Å². The van der Waals surface area contributed by atoms with E-state index in [4.69, 9.17) is 38.0 Å². The Balaban J connectivity index is 3.18. The Morgan fingerprint density at radius 3 is 1.62 bits per heavy atom. The minimum Gasteiger partial charge on any atom is -0.460 e. The first-order valence-corrected chi connectivity index (χ1v) is 15.5. The molecule has 0 amide bonds. The van der Waals surface area contributed by atoms with Crippen LogP contribution in [0.2, 0.25) is 6.04 Å². The normalized spacial score (nSPS) is 12.8. The van der Waals surface area contributed by atoms with Crippen LogP contribution in [0, 0.1) is 0 Å². The standard InChI is InChI=1S/C20H37Cl3O2Si/c1-3-20(24)25-19(2)17-15-13-11-9-7-5-4-6-8-10-12-14-16-18-26(21,22)23/h3,19H,1,4-18H2,2H3. The van der Waals surface area contributed by atoms with Gasteiger partial charge in [-0.2, -0.15) is 0 Å². The van der Waals surface area contributed by atoms with E-state index in [9.17, 15) is 4.79 Å². The van der Waals surface area contributed by atoms with Crippen molar-refractivity contribution in [1.82, 2.24) is 0 Å². The molecule has 0 aromatic rings. The van der Waals surface area contributed by atoms with E-state index in [-0.39, 0.29) is 12.1 Å². The van der Waals surface area contributed by atoms with Gasteiger partial charge in [-0.1, -0.05) is 83.6 Å². The van der Waals surface area contributed by atoms with Gasteiger partial charge >= 0.3 is 12.0 Å². The fourth-order valence-corrected chi connectivity index (χ4v) is 4.86. The number of unbranched alkanes of at least 4 members (excludes halogenated alkanes) is 12. The van der Waals surface area contributed by atoms with Gasteiger partial charge in [-0.3, -0.25) is 0 Å². The molecule has 0 saturated heterocycles. The first-order chi connectivity index (χ1) is 12.3. The lowest BCUT2D eigenvalue weighted by Crippen LogP contribution is -2.12. The van der Waals surface area contributed by atoms with E-state index in [1.165, 1.54) is 76.7 Å². The van der Waals surface area contributed by atoms with Crippen LogP contribution in [0.1, 0.15) is 96.8 Å². The molecule has 0 heterocycles. The van der Waals surface area contributed by atoms with Crippen molar-refractivity contribution in [3.63, 3.8) is 0 Å². The molecular weight excluding hydrogens is 407 g/mol. The third-order valence-electron chi connectivity index (χ3n) is 4.55. The van der Waals surface area contributed by atoms with Crippen molar-refractivity contribution in [2.24, 2.45) is 0 Å². The van der Waals surface area contributed by atoms with Crippen molar-refractivity contribution < 1.29 is 9.53 Å². The third kappa shape index (κ3) is 20.6. The zero-order valence-electron chi connectivity index (χ0n) is 16.4. The first-order valence-electron chi connectivity index (χ1n) is 10.2. The molecule has 0 rings (SSSR count). The lowest BCUT2D eigenvalue weighted by atomic mass is 10.0. The molecule has 154 valence electrons. The van der Waals surface area contributed by atoms with Crippen LogP contribution in [0.3, 0.4) is 0 Å². The van der Waals surface area contributed by atoms with E-state index in [0.717, 1.165) is 25.3 Å². The third-order valence-corrected chi connectivity index (χ3v) is 7.18. The molecule has 1 atom stereocenters. The monoisotopic (exact) mass is 442 g/mol. The molecule has 0 aliphatic carbocycles. The summed E-state index contributed by atoms with van der Waals surface area (Å²) in [5, 5.41) is 0. The van der Waals surface area contributed by atoms with Crippen LogP contribution >= 0.6 is 33.2 Å². The van der Waals surface area contributed by atoms with Crippen molar-refractivity contribution in [1.29, 1.82) is 0 Å². The molecule has 0 spiro atoms. The molecule has 0 N–H and O–H groups in total. The summed E-state index contributed by atoms with van der Waals surface area (Å²) in [7, 11) is 0. The van der Waals surface area contributed by atoms with Crippen LogP contribution in [0.5, 0.6) is 0 Å². The van der Waals surface area contributed by atoms with E-state index in [2.05, 4.69) is 6.58 Å². The Bertz CT molecular complexity index is 359. The Morgan fingerprint density at radius 2 is 1.23 bits per heavy atom. The Morgan fingerprint density at radius 1 is 0.846 bits per heavy atom. The Hall–Kier alpha value is 0.297. The van der Waals surface area contributed by atoms with Crippen LogP contribution in [-0.4, -0.2) is 18.1 Å². The summed E-state index contributed by atoms with van der Waals surface area (Å²) in [4.78, 5) is 11.1. The van der Waals surface area contributed by atoms with Crippen LogP contribution < -0.4 is 0 Å². The second kappa shape index (κ2) is 17.4. The number of ether oxygens (including phenoxy) is 1. The van der Waals surface area contributed by atoms with E-state index < -0.39 is 6.00 Å². The predicted octanol–water partition coefficient (Wildman–Crippen LogP) is 8.22. The average Bonchev–Trinajstić information content (AvgIpc) is 2.57. The number of halogens is 3. The number of esters is 1. The van der Waals surface area contributed by atoms with E-state index in [1.807, 2.05) is 6.92 Å². The fourth-order valence-electron chi connectivity index (χ4n) is 3.01. The molecule has 1 unspecified atom stereocenters. The van der Waals surface area contributed by atoms with Crippen molar-refractivity contribution in [3.8, 4) is 0 Å². The maximum Gasteiger partial charge on any atom is 0.341 e. The number of hydrogen-bond donors (Lipinski definition) is 0. The summed E-state index contributed by atoms with van der Waals surface area (Å²) in [5.74, 6) is -0.318. The summed E-state index contributed by atoms with van der Waals surface area (Å²) in [6, 6.07) is -1.58. The van der Waals surface area contributed by atoms with E-state index in [0.29, 0.717) is 0 Å². The highest BCUT2D eigenvalue weighted by Crippen LogP contribution is 2.27. The minimum absolute atomic E-state index is 0.00456. The zero-order valence-corrected chi connectivity index (χ0v) is 19.7. The Labute approximate surface area is 176 Å². The quantitative estimate of drug-likeness (QED) is 0.0701. The molecule has 2 nitrogen and oxygen atoms in total. The summed E-state index contributed by atoms with van der Waals surface area (Å²) < 4.78 is 5.15. The van der Waals surface area contributed by atoms with Crippen molar-refractivity contribution in [2.45, 2.75) is 109 Å². The largest absolute Gasteiger partial charge is 0.460 e. The van der Waals surface area contributed by atoms with E-state index >= 15 is 0 Å². The molecule has 0 aliphatic rings. The van der Waals surface area contributed by atoms with Gasteiger partial charge in [0.1, 0.15) is 0 Å². The second-order valence-corrected chi connectivity index (χ2v) is 16.5. The molecule has 0 aromatic heterocycles. The maximum atomic E-state index is 11.1. The highest BCUT2D eigenvalue weighted by atomic mass is 35.8. The molecule has 0 bridgehead atoms. The number of rotatable bonds is 18.